The molecular weight excluding hydrogens is 174 g/mol. The first-order chi connectivity index (χ1) is 6.55. The minimum atomic E-state index is 0.387. The molecule has 1 aromatic heterocycles. The highest BCUT2D eigenvalue weighted by molar-refractivity contribution is 4.96. The number of nitrogens with zero attached hydrogens (tertiary/aromatic N) is 2. The molecule has 3 nitrogen and oxygen atoms in total. The first kappa shape index (κ1) is 11.2. The van der Waals surface area contributed by atoms with Gasteiger partial charge in [-0.05, 0) is 11.8 Å². The quantitative estimate of drug-likeness (QED) is 0.778. The van der Waals surface area contributed by atoms with Crippen LogP contribution in [0.25, 0.3) is 0 Å². The van der Waals surface area contributed by atoms with E-state index in [9.17, 15) is 0 Å². The lowest BCUT2D eigenvalue weighted by Crippen LogP contribution is -2.28. The molecule has 0 fully saturated rings. The molecule has 0 aliphatic carbocycles. The van der Waals surface area contributed by atoms with Crippen LogP contribution in [0.4, 0.5) is 0 Å². The van der Waals surface area contributed by atoms with Crippen molar-refractivity contribution >= 4 is 0 Å². The Balaban J connectivity index is 2.32. The molecule has 0 aliphatic heterocycles. The van der Waals surface area contributed by atoms with Crippen molar-refractivity contribution in [1.29, 1.82) is 0 Å². The number of imidazole rings is 1. The molecular formula is C11H21N3. The fourth-order valence-corrected chi connectivity index (χ4v) is 1.21. The molecule has 80 valence electrons. The van der Waals surface area contributed by atoms with Crippen LogP contribution in [-0.2, 0) is 13.6 Å². The third kappa shape index (κ3) is 3.14. The summed E-state index contributed by atoms with van der Waals surface area (Å²) >= 11 is 0. The normalized spacial score (nSPS) is 12.0. The molecule has 1 aromatic rings. The summed E-state index contributed by atoms with van der Waals surface area (Å²) in [5.41, 5.74) is 1.62. The second-order valence-corrected chi connectivity index (χ2v) is 4.62. The highest BCUT2D eigenvalue weighted by Gasteiger charge is 2.13. The van der Waals surface area contributed by atoms with Crippen molar-refractivity contribution in [2.45, 2.75) is 33.7 Å². The summed E-state index contributed by atoms with van der Waals surface area (Å²) in [6, 6.07) is 0. The highest BCUT2D eigenvalue weighted by Crippen LogP contribution is 2.17. The van der Waals surface area contributed by atoms with Crippen LogP contribution in [-0.4, -0.2) is 16.1 Å². The predicted molar refractivity (Wildman–Crippen MR) is 59.0 cm³/mol. The minimum absolute atomic E-state index is 0.387. The van der Waals surface area contributed by atoms with E-state index in [0.717, 1.165) is 13.1 Å². The molecule has 0 atom stereocenters. The van der Waals surface area contributed by atoms with Gasteiger partial charge in [0.25, 0.3) is 0 Å². The monoisotopic (exact) mass is 195 g/mol. The number of aromatic nitrogens is 2. The Morgan fingerprint density at radius 1 is 1.50 bits per heavy atom. The van der Waals surface area contributed by atoms with E-state index < -0.39 is 0 Å². The lowest BCUT2D eigenvalue weighted by Gasteiger charge is -2.22. The summed E-state index contributed by atoms with van der Waals surface area (Å²) in [5, 5.41) is 3.46. The molecule has 0 radical (unpaired) electrons. The Labute approximate surface area is 86.5 Å². The molecule has 1 rings (SSSR count). The van der Waals surface area contributed by atoms with Gasteiger partial charge in [0.15, 0.2) is 0 Å². The number of nitrogens with one attached hydrogen (secondary N) is 1. The Hall–Kier alpha value is -0.830. The van der Waals surface area contributed by atoms with Gasteiger partial charge in [0.05, 0.1) is 12.0 Å². The van der Waals surface area contributed by atoms with Gasteiger partial charge < -0.3 is 9.88 Å². The van der Waals surface area contributed by atoms with E-state index >= 15 is 0 Å². The van der Waals surface area contributed by atoms with Crippen molar-refractivity contribution < 1.29 is 0 Å². The van der Waals surface area contributed by atoms with E-state index in [2.05, 4.69) is 31.1 Å². The van der Waals surface area contributed by atoms with Crippen molar-refractivity contribution in [1.82, 2.24) is 14.9 Å². The van der Waals surface area contributed by atoms with E-state index in [1.54, 1.807) is 0 Å². The van der Waals surface area contributed by atoms with Crippen molar-refractivity contribution in [3.8, 4) is 0 Å². The summed E-state index contributed by atoms with van der Waals surface area (Å²) in [4.78, 5) is 4.08. The fraction of sp³-hybridized carbons (Fsp3) is 0.727. The van der Waals surface area contributed by atoms with E-state index in [4.69, 9.17) is 0 Å². The Kier molecular flexibility index (Phi) is 3.69. The lowest BCUT2D eigenvalue weighted by molar-refractivity contribution is 0.326. The van der Waals surface area contributed by atoms with Crippen molar-refractivity contribution in [3.05, 3.63) is 18.2 Å². The van der Waals surface area contributed by atoms with Crippen LogP contribution in [0.2, 0.25) is 0 Å². The number of hydrogen-bond donors (Lipinski definition) is 1. The first-order valence-corrected chi connectivity index (χ1v) is 5.21. The number of aryl methyl sites for hydroxylation is 1. The van der Waals surface area contributed by atoms with E-state index in [1.165, 1.54) is 12.1 Å². The van der Waals surface area contributed by atoms with Gasteiger partial charge in [-0.2, -0.15) is 0 Å². The molecule has 0 saturated heterocycles. The van der Waals surface area contributed by atoms with Crippen LogP contribution < -0.4 is 5.32 Å². The van der Waals surface area contributed by atoms with Crippen molar-refractivity contribution in [3.63, 3.8) is 0 Å². The minimum Gasteiger partial charge on any atom is -0.337 e. The second-order valence-electron chi connectivity index (χ2n) is 4.62. The second kappa shape index (κ2) is 4.60. The topological polar surface area (TPSA) is 29.9 Å². The molecule has 0 bridgehead atoms. The molecule has 3 heteroatoms. The first-order valence-electron chi connectivity index (χ1n) is 5.21. The zero-order chi connectivity index (χ0) is 10.6. The Morgan fingerprint density at radius 3 is 2.71 bits per heavy atom. The average molecular weight is 195 g/mol. The van der Waals surface area contributed by atoms with Gasteiger partial charge in [0.1, 0.15) is 0 Å². The summed E-state index contributed by atoms with van der Waals surface area (Å²) in [6.07, 6.45) is 4.94. The third-order valence-corrected chi connectivity index (χ3v) is 2.78. The van der Waals surface area contributed by atoms with Gasteiger partial charge in [0, 0.05) is 26.3 Å². The molecule has 14 heavy (non-hydrogen) atoms. The fourth-order valence-electron chi connectivity index (χ4n) is 1.21. The predicted octanol–water partition coefficient (Wildman–Crippen LogP) is 1.95. The van der Waals surface area contributed by atoms with Crippen LogP contribution in [0.15, 0.2) is 12.5 Å². The van der Waals surface area contributed by atoms with Crippen LogP contribution in [0.5, 0.6) is 0 Å². The van der Waals surface area contributed by atoms with Crippen LogP contribution in [0, 0.1) is 5.41 Å². The molecule has 0 amide bonds. The Bertz CT molecular complexity index is 276. The van der Waals surface area contributed by atoms with E-state index in [0.29, 0.717) is 5.41 Å². The molecule has 1 heterocycles. The van der Waals surface area contributed by atoms with E-state index in [-0.39, 0.29) is 0 Å². The van der Waals surface area contributed by atoms with Crippen LogP contribution in [0.1, 0.15) is 32.9 Å². The SMILES string of the molecule is CCC(C)(C)CNCc1cncn1C. The van der Waals surface area contributed by atoms with Gasteiger partial charge in [-0.15, -0.1) is 0 Å². The standard InChI is InChI=1S/C11H21N3/c1-5-11(2,3)8-12-6-10-7-13-9-14(10)4/h7,9,12H,5-6,8H2,1-4H3. The van der Waals surface area contributed by atoms with Crippen LogP contribution in [0.3, 0.4) is 0 Å². The maximum absolute atomic E-state index is 4.08. The zero-order valence-corrected chi connectivity index (χ0v) is 9.67. The van der Waals surface area contributed by atoms with Gasteiger partial charge in [0.2, 0.25) is 0 Å². The summed E-state index contributed by atoms with van der Waals surface area (Å²) < 4.78 is 2.05. The van der Waals surface area contributed by atoms with Crippen molar-refractivity contribution in [2.75, 3.05) is 6.54 Å². The highest BCUT2D eigenvalue weighted by atomic mass is 15.0. The molecule has 1 N–H and O–H groups in total. The smallest absolute Gasteiger partial charge is 0.0945 e. The maximum Gasteiger partial charge on any atom is 0.0945 e. The largest absolute Gasteiger partial charge is 0.337 e. The van der Waals surface area contributed by atoms with Gasteiger partial charge in [-0.25, -0.2) is 4.98 Å². The summed E-state index contributed by atoms with van der Waals surface area (Å²) in [7, 11) is 2.02. The number of rotatable bonds is 5. The average Bonchev–Trinajstić information content (AvgIpc) is 2.52. The summed E-state index contributed by atoms with van der Waals surface area (Å²) in [6.45, 7) is 8.74. The third-order valence-electron chi connectivity index (χ3n) is 2.78. The number of hydrogen-bond acceptors (Lipinski definition) is 2. The molecule has 0 saturated carbocycles. The summed E-state index contributed by atoms with van der Waals surface area (Å²) in [5.74, 6) is 0. The molecule has 0 aromatic carbocycles. The lowest BCUT2D eigenvalue weighted by atomic mass is 9.90. The van der Waals surface area contributed by atoms with Crippen LogP contribution >= 0.6 is 0 Å². The molecule has 0 spiro atoms. The molecule has 0 unspecified atom stereocenters. The van der Waals surface area contributed by atoms with Crippen molar-refractivity contribution in [2.24, 2.45) is 12.5 Å². The van der Waals surface area contributed by atoms with E-state index in [1.807, 2.05) is 24.1 Å². The maximum atomic E-state index is 4.08. The van der Waals surface area contributed by atoms with Gasteiger partial charge in [-0.1, -0.05) is 20.8 Å². The Morgan fingerprint density at radius 2 is 2.21 bits per heavy atom. The van der Waals surface area contributed by atoms with Gasteiger partial charge >= 0.3 is 0 Å². The molecule has 0 aliphatic rings. The van der Waals surface area contributed by atoms with Gasteiger partial charge in [-0.3, -0.25) is 0 Å². The zero-order valence-electron chi connectivity index (χ0n) is 9.67.